The molecule has 3 aromatic rings. The van der Waals surface area contributed by atoms with Gasteiger partial charge < -0.3 is 10.4 Å². The van der Waals surface area contributed by atoms with Crippen molar-refractivity contribution in [3.8, 4) is 16.9 Å². The Morgan fingerprint density at radius 2 is 1.86 bits per heavy atom. The molecule has 0 fully saturated rings. The Bertz CT molecular complexity index is 1090. The first-order valence-corrected chi connectivity index (χ1v) is 10.8. The quantitative estimate of drug-likeness (QED) is 0.309. The second-order valence-electron chi connectivity index (χ2n) is 6.87. The number of carbonyl (C=O) groups is 1. The summed E-state index contributed by atoms with van der Waals surface area (Å²) in [6.45, 7) is 0. The number of fused-ring (bicyclic) bond motifs is 1. The molecule has 4 nitrogen and oxygen atoms in total. The van der Waals surface area contributed by atoms with Gasteiger partial charge in [-0.15, -0.1) is 0 Å². The molecule has 1 aromatic heterocycles. The van der Waals surface area contributed by atoms with Crippen LogP contribution in [0, 0.1) is 0 Å². The van der Waals surface area contributed by atoms with Crippen molar-refractivity contribution in [3.05, 3.63) is 81.0 Å². The molecule has 0 bridgehead atoms. The molecule has 4 rings (SSSR count). The van der Waals surface area contributed by atoms with E-state index >= 15 is 0 Å². The Morgan fingerprint density at radius 3 is 2.59 bits per heavy atom. The number of halogens is 2. The lowest BCUT2D eigenvalue weighted by Gasteiger charge is -2.06. The van der Waals surface area contributed by atoms with E-state index in [1.54, 1.807) is 6.20 Å². The minimum absolute atomic E-state index is 0.0570. The monoisotopic (exact) mass is 512 g/mol. The van der Waals surface area contributed by atoms with Crippen molar-refractivity contribution >= 4 is 49.0 Å². The normalized spacial score (nSPS) is 14.1. The first-order chi connectivity index (χ1) is 14.0. The van der Waals surface area contributed by atoms with Gasteiger partial charge in [0, 0.05) is 34.8 Å². The third kappa shape index (κ3) is 4.28. The maximum atomic E-state index is 12.4. The molecule has 0 unspecified atom stereocenters. The minimum atomic E-state index is -0.0570. The second-order valence-corrected chi connectivity index (χ2v) is 8.58. The number of rotatable bonds is 5. The largest absolute Gasteiger partial charge is 0.506 e. The summed E-state index contributed by atoms with van der Waals surface area (Å²) in [5, 5.41) is 12.8. The van der Waals surface area contributed by atoms with E-state index in [0.29, 0.717) is 8.95 Å². The molecular weight excluding hydrogens is 496 g/mol. The summed E-state index contributed by atoms with van der Waals surface area (Å²) in [4.78, 5) is 16.6. The van der Waals surface area contributed by atoms with Gasteiger partial charge in [0.2, 0.25) is 0 Å². The summed E-state index contributed by atoms with van der Waals surface area (Å²) in [5.74, 6) is 0.151. The van der Waals surface area contributed by atoms with E-state index in [0.717, 1.165) is 52.8 Å². The van der Waals surface area contributed by atoms with Gasteiger partial charge in [0.1, 0.15) is 5.75 Å². The highest BCUT2D eigenvalue weighted by Crippen LogP contribution is 2.36. The summed E-state index contributed by atoms with van der Waals surface area (Å²) < 4.78 is 1.35. The number of aromatic hydroxyl groups is 1. The van der Waals surface area contributed by atoms with Gasteiger partial charge in [0.25, 0.3) is 5.91 Å². The molecule has 2 N–H and O–H groups in total. The van der Waals surface area contributed by atoms with Gasteiger partial charge in [0.05, 0.1) is 8.95 Å². The van der Waals surface area contributed by atoms with Crippen molar-refractivity contribution < 1.29 is 9.90 Å². The molecule has 0 atom stereocenters. The molecule has 0 radical (unpaired) electrons. The molecule has 29 heavy (non-hydrogen) atoms. The van der Waals surface area contributed by atoms with Gasteiger partial charge >= 0.3 is 0 Å². The van der Waals surface area contributed by atoms with E-state index in [9.17, 15) is 9.90 Å². The zero-order valence-electron chi connectivity index (χ0n) is 15.5. The lowest BCUT2D eigenvalue weighted by atomic mass is 9.99. The number of hydrogen-bond donors (Lipinski definition) is 2. The topological polar surface area (TPSA) is 62.2 Å². The number of nitrogens with zero attached hydrogens (tertiary/aromatic N) is 1. The first-order valence-electron chi connectivity index (χ1n) is 9.26. The average Bonchev–Trinajstić information content (AvgIpc) is 3.04. The fourth-order valence-electron chi connectivity index (χ4n) is 3.42. The Kier molecular flexibility index (Phi) is 5.83. The predicted molar refractivity (Wildman–Crippen MR) is 123 cm³/mol. The molecule has 1 aliphatic heterocycles. The number of carbonyl (C=O) groups excluding carboxylic acids is 1. The number of hydrogen-bond acceptors (Lipinski definition) is 3. The Labute approximate surface area is 186 Å². The number of nitrogens with one attached hydrogen (secondary N) is 1. The number of aryl methyl sites for hydroxylation is 1. The molecule has 0 spiro atoms. The molecule has 2 heterocycles. The van der Waals surface area contributed by atoms with Crippen LogP contribution in [0.4, 0.5) is 5.69 Å². The van der Waals surface area contributed by atoms with Gasteiger partial charge in [-0.05, 0) is 92.6 Å². The van der Waals surface area contributed by atoms with E-state index in [-0.39, 0.29) is 11.7 Å². The fraction of sp³-hybridized carbons (Fsp3) is 0.130. The van der Waals surface area contributed by atoms with E-state index < -0.39 is 0 Å². The smallest absolute Gasteiger partial charge is 0.256 e. The highest BCUT2D eigenvalue weighted by atomic mass is 79.9. The molecule has 0 saturated carbocycles. The first kappa shape index (κ1) is 19.9. The van der Waals surface area contributed by atoms with Gasteiger partial charge in [-0.1, -0.05) is 18.2 Å². The number of phenols is 1. The van der Waals surface area contributed by atoms with Crippen molar-refractivity contribution in [1.29, 1.82) is 0 Å². The van der Waals surface area contributed by atoms with Crippen molar-refractivity contribution in [2.24, 2.45) is 0 Å². The number of unbranched alkanes of at least 4 members (excludes halogenated alkanes) is 1. The molecule has 2 aromatic carbocycles. The third-order valence-corrected chi connectivity index (χ3v) is 6.10. The maximum Gasteiger partial charge on any atom is 0.256 e. The average molecular weight is 514 g/mol. The molecule has 1 aliphatic rings. The lowest BCUT2D eigenvalue weighted by Crippen LogP contribution is -2.03. The fourth-order valence-corrected chi connectivity index (χ4v) is 4.70. The summed E-state index contributed by atoms with van der Waals surface area (Å²) in [7, 11) is 0. The zero-order valence-corrected chi connectivity index (χ0v) is 18.6. The van der Waals surface area contributed by atoms with Gasteiger partial charge in [-0.25, -0.2) is 0 Å². The van der Waals surface area contributed by atoms with Crippen molar-refractivity contribution in [1.82, 2.24) is 4.98 Å². The molecular formula is C23H18Br2N2O2. The van der Waals surface area contributed by atoms with Crippen LogP contribution in [0.25, 0.3) is 16.7 Å². The molecule has 1 amide bonds. The molecule has 0 aliphatic carbocycles. The van der Waals surface area contributed by atoms with Gasteiger partial charge in [-0.3, -0.25) is 9.78 Å². The predicted octanol–water partition coefficient (Wildman–Crippen LogP) is 6.34. The minimum Gasteiger partial charge on any atom is -0.506 e. The van der Waals surface area contributed by atoms with Crippen LogP contribution >= 0.6 is 31.9 Å². The van der Waals surface area contributed by atoms with Crippen LogP contribution in [0.5, 0.6) is 5.75 Å². The highest BCUT2D eigenvalue weighted by molar-refractivity contribution is 9.11. The molecule has 0 saturated heterocycles. The van der Waals surface area contributed by atoms with E-state index in [4.69, 9.17) is 0 Å². The molecule has 6 heteroatoms. The summed E-state index contributed by atoms with van der Waals surface area (Å²) in [6.07, 6.45) is 8.12. The number of allylic oxidation sites excluding steroid dienone is 1. The number of benzene rings is 2. The van der Waals surface area contributed by atoms with E-state index in [1.165, 1.54) is 0 Å². The van der Waals surface area contributed by atoms with E-state index in [2.05, 4.69) is 42.2 Å². The van der Waals surface area contributed by atoms with Crippen LogP contribution in [-0.4, -0.2) is 16.0 Å². The maximum absolute atomic E-state index is 12.4. The summed E-state index contributed by atoms with van der Waals surface area (Å²) >= 11 is 6.72. The number of phenolic OH excluding ortho intramolecular Hbond substituents is 1. The third-order valence-electron chi connectivity index (χ3n) is 4.89. The summed E-state index contributed by atoms with van der Waals surface area (Å²) in [6, 6.07) is 13.8. The van der Waals surface area contributed by atoms with Crippen LogP contribution in [0.2, 0.25) is 0 Å². The standard InChI is InChI=1S/C23H18Br2N2O2/c24-19-10-14(11-20(25)22(19)28)4-1-2-6-17-18-12-15(16-5-3-9-26-13-16)7-8-21(18)27-23(17)29/h3,5-13,28H,1-2,4H2,(H,27,29)/b17-6-. The van der Waals surface area contributed by atoms with Crippen molar-refractivity contribution in [2.75, 3.05) is 5.32 Å². The van der Waals surface area contributed by atoms with Gasteiger partial charge in [0.15, 0.2) is 0 Å². The van der Waals surface area contributed by atoms with Crippen molar-refractivity contribution in [2.45, 2.75) is 19.3 Å². The second kappa shape index (κ2) is 8.51. The van der Waals surface area contributed by atoms with E-state index in [1.807, 2.05) is 54.7 Å². The Balaban J connectivity index is 1.50. The van der Waals surface area contributed by atoms with Crippen LogP contribution in [0.3, 0.4) is 0 Å². The van der Waals surface area contributed by atoms with Crippen LogP contribution in [0.15, 0.2) is 69.9 Å². The van der Waals surface area contributed by atoms with Crippen LogP contribution in [-0.2, 0) is 11.2 Å². The molecule has 146 valence electrons. The number of anilines is 1. The highest BCUT2D eigenvalue weighted by Gasteiger charge is 2.24. The van der Waals surface area contributed by atoms with Crippen LogP contribution < -0.4 is 5.32 Å². The SMILES string of the molecule is O=C1Nc2ccc(-c3cccnc3)cc2/C1=C/CCCc1cc(Br)c(O)c(Br)c1. The van der Waals surface area contributed by atoms with Crippen molar-refractivity contribution in [3.63, 3.8) is 0 Å². The number of amides is 1. The Hall–Kier alpha value is -2.44. The lowest BCUT2D eigenvalue weighted by molar-refractivity contribution is -0.110. The van der Waals surface area contributed by atoms with Gasteiger partial charge in [-0.2, -0.15) is 0 Å². The summed E-state index contributed by atoms with van der Waals surface area (Å²) in [5.41, 5.74) is 5.69. The van der Waals surface area contributed by atoms with Crippen LogP contribution in [0.1, 0.15) is 24.0 Å². The Morgan fingerprint density at radius 1 is 1.07 bits per heavy atom. The number of pyridine rings is 1. The number of aromatic nitrogens is 1. The zero-order chi connectivity index (χ0) is 20.4.